The molecule has 0 radical (unpaired) electrons. The first-order valence-corrected chi connectivity index (χ1v) is 5.40. The Morgan fingerprint density at radius 2 is 1.87 bits per heavy atom. The zero-order valence-electron chi connectivity index (χ0n) is 8.62. The zero-order valence-corrected chi connectivity index (χ0v) is 8.62. The molecule has 1 aromatic carbocycles. The zero-order chi connectivity index (χ0) is 10.7. The van der Waals surface area contributed by atoms with Crippen LogP contribution in [0.5, 0.6) is 0 Å². The van der Waals surface area contributed by atoms with E-state index in [1.807, 2.05) is 0 Å². The highest BCUT2D eigenvalue weighted by Crippen LogP contribution is 2.29. The maximum absolute atomic E-state index is 12.7. The van der Waals surface area contributed by atoms with Gasteiger partial charge in [-0.1, -0.05) is 18.2 Å². The summed E-state index contributed by atoms with van der Waals surface area (Å²) in [6.07, 6.45) is 5.92. The van der Waals surface area contributed by atoms with Gasteiger partial charge in [0, 0.05) is 0 Å². The molecule has 1 aliphatic rings. The van der Waals surface area contributed by atoms with Crippen molar-refractivity contribution in [3.8, 4) is 0 Å². The molecule has 0 saturated carbocycles. The molecular weight excluding hydrogens is 191 g/mol. The van der Waals surface area contributed by atoms with Crippen LogP contribution >= 0.6 is 0 Å². The van der Waals surface area contributed by atoms with E-state index in [2.05, 4.69) is 6.08 Å². The Balaban J connectivity index is 2.16. The molecule has 2 rings (SSSR count). The number of hydrogen-bond donors (Lipinski definition) is 1. The molecule has 1 aromatic rings. The molecule has 0 bridgehead atoms. The third-order valence-electron chi connectivity index (χ3n) is 2.86. The van der Waals surface area contributed by atoms with Gasteiger partial charge >= 0.3 is 0 Å². The van der Waals surface area contributed by atoms with Gasteiger partial charge in [0.05, 0.1) is 0 Å². The molecule has 0 amide bonds. The molecule has 0 fully saturated rings. The first-order valence-electron chi connectivity index (χ1n) is 5.40. The Labute approximate surface area is 89.3 Å². The molecule has 1 aliphatic carbocycles. The monoisotopic (exact) mass is 206 g/mol. The standard InChI is InChI=1S/C13H15FO/c14-12-8-6-11(7-9-12)13(15)10-4-2-1-3-5-10/h4,6-9,13,15H,1-3,5H2. The fraction of sp³-hybridized carbons (Fsp3) is 0.385. The van der Waals surface area contributed by atoms with E-state index in [4.69, 9.17) is 0 Å². The highest BCUT2D eigenvalue weighted by Gasteiger charge is 2.14. The molecule has 80 valence electrons. The number of halogens is 1. The van der Waals surface area contributed by atoms with Crippen LogP contribution in [0.1, 0.15) is 37.4 Å². The summed E-state index contributed by atoms with van der Waals surface area (Å²) in [6, 6.07) is 6.08. The summed E-state index contributed by atoms with van der Waals surface area (Å²) in [5, 5.41) is 10.0. The number of rotatable bonds is 2. The predicted molar refractivity (Wildman–Crippen MR) is 57.9 cm³/mol. The topological polar surface area (TPSA) is 20.2 Å². The molecule has 1 nitrogen and oxygen atoms in total. The first-order chi connectivity index (χ1) is 7.27. The molecule has 15 heavy (non-hydrogen) atoms. The van der Waals surface area contributed by atoms with E-state index >= 15 is 0 Å². The fourth-order valence-electron chi connectivity index (χ4n) is 1.97. The van der Waals surface area contributed by atoms with E-state index in [1.165, 1.54) is 18.6 Å². The van der Waals surface area contributed by atoms with Crippen molar-refractivity contribution in [2.45, 2.75) is 31.8 Å². The van der Waals surface area contributed by atoms with Crippen molar-refractivity contribution < 1.29 is 9.50 Å². The lowest BCUT2D eigenvalue weighted by Gasteiger charge is -2.18. The second kappa shape index (κ2) is 4.58. The van der Waals surface area contributed by atoms with Crippen LogP contribution < -0.4 is 0 Å². The van der Waals surface area contributed by atoms with E-state index in [-0.39, 0.29) is 5.82 Å². The highest BCUT2D eigenvalue weighted by molar-refractivity contribution is 5.27. The van der Waals surface area contributed by atoms with Gasteiger partial charge in [-0.3, -0.25) is 0 Å². The molecule has 0 aliphatic heterocycles. The molecule has 0 heterocycles. The van der Waals surface area contributed by atoms with E-state index in [0.29, 0.717) is 0 Å². The highest BCUT2D eigenvalue weighted by atomic mass is 19.1. The SMILES string of the molecule is OC(C1=CCCCC1)c1ccc(F)cc1. The molecule has 0 spiro atoms. The quantitative estimate of drug-likeness (QED) is 0.736. The van der Waals surface area contributed by atoms with Gasteiger partial charge in [-0.2, -0.15) is 0 Å². The minimum atomic E-state index is -0.550. The second-order valence-electron chi connectivity index (χ2n) is 3.98. The van der Waals surface area contributed by atoms with Crippen molar-refractivity contribution in [2.75, 3.05) is 0 Å². The van der Waals surface area contributed by atoms with Crippen LogP contribution in [0.25, 0.3) is 0 Å². The van der Waals surface area contributed by atoms with Gasteiger partial charge in [-0.25, -0.2) is 4.39 Å². The summed E-state index contributed by atoms with van der Waals surface area (Å²) in [5.41, 5.74) is 1.86. The van der Waals surface area contributed by atoms with Crippen molar-refractivity contribution in [3.05, 3.63) is 47.3 Å². The Morgan fingerprint density at radius 3 is 2.47 bits per heavy atom. The van der Waals surface area contributed by atoms with Crippen LogP contribution in [0.15, 0.2) is 35.9 Å². The van der Waals surface area contributed by atoms with E-state index in [1.54, 1.807) is 12.1 Å². The Morgan fingerprint density at radius 1 is 1.13 bits per heavy atom. The third-order valence-corrected chi connectivity index (χ3v) is 2.86. The summed E-state index contributed by atoms with van der Waals surface area (Å²) < 4.78 is 12.7. The third kappa shape index (κ3) is 2.45. The van der Waals surface area contributed by atoms with Crippen molar-refractivity contribution in [1.82, 2.24) is 0 Å². The van der Waals surface area contributed by atoms with Gasteiger partial charge in [0.1, 0.15) is 11.9 Å². The van der Waals surface area contributed by atoms with E-state index < -0.39 is 6.10 Å². The van der Waals surface area contributed by atoms with Crippen LogP contribution in [0.3, 0.4) is 0 Å². The van der Waals surface area contributed by atoms with Crippen molar-refractivity contribution in [1.29, 1.82) is 0 Å². The van der Waals surface area contributed by atoms with Crippen LogP contribution in [0.4, 0.5) is 4.39 Å². The lowest BCUT2D eigenvalue weighted by atomic mass is 9.92. The van der Waals surface area contributed by atoms with Crippen molar-refractivity contribution in [2.24, 2.45) is 0 Å². The number of hydrogen-bond acceptors (Lipinski definition) is 1. The second-order valence-corrected chi connectivity index (χ2v) is 3.98. The van der Waals surface area contributed by atoms with Gasteiger partial charge in [-0.15, -0.1) is 0 Å². The van der Waals surface area contributed by atoms with Gasteiger partial charge in [0.2, 0.25) is 0 Å². The van der Waals surface area contributed by atoms with Crippen LogP contribution in [0, 0.1) is 5.82 Å². The average molecular weight is 206 g/mol. The minimum Gasteiger partial charge on any atom is -0.384 e. The maximum Gasteiger partial charge on any atom is 0.123 e. The minimum absolute atomic E-state index is 0.261. The predicted octanol–water partition coefficient (Wildman–Crippen LogP) is 3.36. The number of benzene rings is 1. The van der Waals surface area contributed by atoms with Gasteiger partial charge < -0.3 is 5.11 Å². The normalized spacial score (nSPS) is 18.4. The molecule has 1 atom stereocenters. The number of aliphatic hydroxyl groups excluding tert-OH is 1. The Kier molecular flexibility index (Phi) is 3.17. The molecule has 1 unspecified atom stereocenters. The van der Waals surface area contributed by atoms with Crippen molar-refractivity contribution >= 4 is 0 Å². The molecule has 2 heteroatoms. The van der Waals surface area contributed by atoms with E-state index in [9.17, 15) is 9.50 Å². The molecule has 0 aromatic heterocycles. The molecule has 0 saturated heterocycles. The summed E-state index contributed by atoms with van der Waals surface area (Å²) in [4.78, 5) is 0. The largest absolute Gasteiger partial charge is 0.384 e. The van der Waals surface area contributed by atoms with Crippen LogP contribution in [-0.2, 0) is 0 Å². The molecular formula is C13H15FO. The lowest BCUT2D eigenvalue weighted by Crippen LogP contribution is -2.04. The van der Waals surface area contributed by atoms with Crippen molar-refractivity contribution in [3.63, 3.8) is 0 Å². The summed E-state index contributed by atoms with van der Waals surface area (Å²) >= 11 is 0. The Hall–Kier alpha value is -1.15. The smallest absolute Gasteiger partial charge is 0.123 e. The summed E-state index contributed by atoms with van der Waals surface area (Å²) in [7, 11) is 0. The van der Waals surface area contributed by atoms with Gasteiger partial charge in [0.25, 0.3) is 0 Å². The number of aliphatic hydroxyl groups is 1. The van der Waals surface area contributed by atoms with E-state index in [0.717, 1.165) is 30.4 Å². The lowest BCUT2D eigenvalue weighted by molar-refractivity contribution is 0.208. The Bertz CT molecular complexity index is 353. The van der Waals surface area contributed by atoms with Crippen LogP contribution in [0.2, 0.25) is 0 Å². The fourth-order valence-corrected chi connectivity index (χ4v) is 1.97. The molecule has 1 N–H and O–H groups in total. The average Bonchev–Trinajstić information content (AvgIpc) is 2.30. The summed E-state index contributed by atoms with van der Waals surface area (Å²) in [6.45, 7) is 0. The first kappa shape index (κ1) is 10.4. The van der Waals surface area contributed by atoms with Gasteiger partial charge in [0.15, 0.2) is 0 Å². The maximum atomic E-state index is 12.7. The number of allylic oxidation sites excluding steroid dienone is 1. The summed E-state index contributed by atoms with van der Waals surface area (Å²) in [5.74, 6) is -0.261. The van der Waals surface area contributed by atoms with Gasteiger partial charge in [-0.05, 0) is 49.0 Å². The van der Waals surface area contributed by atoms with Crippen LogP contribution in [-0.4, -0.2) is 5.11 Å².